The molecule has 0 aliphatic carbocycles. The minimum Gasteiger partial charge on any atom is -0.444 e. The van der Waals surface area contributed by atoms with E-state index in [-0.39, 0.29) is 0 Å². The second kappa shape index (κ2) is 10.3. The lowest BCUT2D eigenvalue weighted by Gasteiger charge is -2.22. The molecule has 178 valence electrons. The summed E-state index contributed by atoms with van der Waals surface area (Å²) < 4.78 is 11.4. The number of alkyl carbamates (subject to hydrolysis) is 1. The predicted molar refractivity (Wildman–Crippen MR) is 134 cm³/mol. The molecule has 1 atom stereocenters. The molecule has 2 aromatic carbocycles. The van der Waals surface area contributed by atoms with Gasteiger partial charge in [0.2, 0.25) is 5.89 Å². The summed E-state index contributed by atoms with van der Waals surface area (Å²) >= 11 is 13.5. The van der Waals surface area contributed by atoms with Crippen LogP contribution in [-0.2, 0) is 16.9 Å². The highest BCUT2D eigenvalue weighted by Crippen LogP contribution is 2.29. The summed E-state index contributed by atoms with van der Waals surface area (Å²) in [6.07, 6.45) is 1.81. The number of aromatic nitrogens is 3. The molecule has 0 saturated carbocycles. The van der Waals surface area contributed by atoms with Crippen molar-refractivity contribution in [3.8, 4) is 0 Å². The molecule has 2 aromatic heterocycles. The molecule has 10 heteroatoms. The zero-order valence-electron chi connectivity index (χ0n) is 18.9. The highest BCUT2D eigenvalue weighted by Gasteiger charge is 2.26. The molecule has 1 amide bonds. The average molecular weight is 519 g/mol. The minimum absolute atomic E-state index is 0.299. The SMILES string of the molecule is CC(C)(C)OC(=O)NC(Cc1c[nH]c2ccccc12)c1nnc(SCc2ccc(Cl)c(Cl)c2)o1. The third-order valence-corrected chi connectivity index (χ3v) is 6.49. The van der Waals surface area contributed by atoms with Gasteiger partial charge in [-0.1, -0.05) is 59.2 Å². The fourth-order valence-corrected chi connectivity index (χ4v) is 4.40. The Morgan fingerprint density at radius 3 is 2.74 bits per heavy atom. The van der Waals surface area contributed by atoms with E-state index >= 15 is 0 Å². The van der Waals surface area contributed by atoms with Gasteiger partial charge in [-0.3, -0.25) is 0 Å². The Hall–Kier alpha value is -2.68. The molecule has 0 fully saturated rings. The molecule has 2 heterocycles. The molecule has 1 unspecified atom stereocenters. The second-order valence-electron chi connectivity index (χ2n) is 8.71. The van der Waals surface area contributed by atoms with Crippen molar-refractivity contribution in [1.82, 2.24) is 20.5 Å². The number of hydrogen-bond donors (Lipinski definition) is 2. The number of rotatable bonds is 7. The minimum atomic E-state index is -0.634. The molecule has 0 bridgehead atoms. The number of nitrogens with zero attached hydrogens (tertiary/aromatic N) is 2. The van der Waals surface area contributed by atoms with Gasteiger partial charge in [-0.15, -0.1) is 10.2 Å². The number of halogens is 2. The van der Waals surface area contributed by atoms with E-state index in [0.717, 1.165) is 22.0 Å². The fourth-order valence-electron chi connectivity index (χ4n) is 3.36. The maximum absolute atomic E-state index is 12.6. The Kier molecular flexibility index (Phi) is 7.40. The van der Waals surface area contributed by atoms with E-state index in [1.807, 2.05) is 57.3 Å². The number of amides is 1. The van der Waals surface area contributed by atoms with E-state index in [9.17, 15) is 4.79 Å². The number of nitrogens with one attached hydrogen (secondary N) is 2. The first kappa shape index (κ1) is 24.4. The van der Waals surface area contributed by atoms with Crippen molar-refractivity contribution in [2.24, 2.45) is 0 Å². The Bertz CT molecular complexity index is 1300. The summed E-state index contributed by atoms with van der Waals surface area (Å²) in [6, 6.07) is 12.8. The third-order valence-electron chi connectivity index (χ3n) is 4.86. The third kappa shape index (κ3) is 6.25. The fraction of sp³-hybridized carbons (Fsp3) is 0.292. The standard InChI is InChI=1S/C24H24Cl2N4O3S/c1-24(2,3)33-22(31)28-20(11-15-12-27-19-7-5-4-6-16(15)19)21-29-30-23(32-21)34-13-14-8-9-17(25)18(26)10-14/h4-10,12,20,27H,11,13H2,1-3H3,(H,28,31). The number of aromatic amines is 1. The zero-order chi connectivity index (χ0) is 24.3. The van der Waals surface area contributed by atoms with Crippen molar-refractivity contribution >= 4 is 52.0 Å². The van der Waals surface area contributed by atoms with Gasteiger partial charge >= 0.3 is 6.09 Å². The second-order valence-corrected chi connectivity index (χ2v) is 10.4. The summed E-state index contributed by atoms with van der Waals surface area (Å²) in [7, 11) is 0. The molecule has 0 saturated heterocycles. The van der Waals surface area contributed by atoms with E-state index in [1.165, 1.54) is 11.8 Å². The van der Waals surface area contributed by atoms with Crippen LogP contribution in [0.15, 0.2) is 58.3 Å². The zero-order valence-corrected chi connectivity index (χ0v) is 21.2. The van der Waals surface area contributed by atoms with Gasteiger partial charge < -0.3 is 19.5 Å². The summed E-state index contributed by atoms with van der Waals surface area (Å²) in [4.78, 5) is 15.8. The maximum Gasteiger partial charge on any atom is 0.408 e. The summed E-state index contributed by atoms with van der Waals surface area (Å²) in [6.45, 7) is 5.43. The summed E-state index contributed by atoms with van der Waals surface area (Å²) in [5.41, 5.74) is 2.36. The van der Waals surface area contributed by atoms with Gasteiger partial charge in [0.25, 0.3) is 5.22 Å². The number of thioether (sulfide) groups is 1. The first-order valence-electron chi connectivity index (χ1n) is 10.6. The largest absolute Gasteiger partial charge is 0.444 e. The average Bonchev–Trinajstić information content (AvgIpc) is 3.40. The van der Waals surface area contributed by atoms with Crippen molar-refractivity contribution in [3.63, 3.8) is 0 Å². The van der Waals surface area contributed by atoms with Crippen LogP contribution in [0.25, 0.3) is 10.9 Å². The number of carbonyl (C=O) groups is 1. The number of ether oxygens (including phenoxy) is 1. The number of hydrogen-bond acceptors (Lipinski definition) is 6. The van der Waals surface area contributed by atoms with Gasteiger partial charge in [0, 0.05) is 29.3 Å². The molecule has 0 radical (unpaired) electrons. The molecule has 0 spiro atoms. The highest BCUT2D eigenvalue weighted by molar-refractivity contribution is 7.98. The van der Waals surface area contributed by atoms with Gasteiger partial charge in [0.05, 0.1) is 10.0 Å². The van der Waals surface area contributed by atoms with Crippen LogP contribution in [0.2, 0.25) is 10.0 Å². The number of benzene rings is 2. The maximum atomic E-state index is 12.6. The van der Waals surface area contributed by atoms with Gasteiger partial charge in [0.1, 0.15) is 11.6 Å². The number of H-pyrrole nitrogens is 1. The molecular weight excluding hydrogens is 495 g/mol. The van der Waals surface area contributed by atoms with Gasteiger partial charge in [0.15, 0.2) is 0 Å². The number of fused-ring (bicyclic) bond motifs is 1. The van der Waals surface area contributed by atoms with Crippen molar-refractivity contribution in [2.75, 3.05) is 0 Å². The van der Waals surface area contributed by atoms with E-state index in [2.05, 4.69) is 20.5 Å². The Balaban J connectivity index is 1.52. The van der Waals surface area contributed by atoms with Crippen molar-refractivity contribution < 1.29 is 13.9 Å². The topological polar surface area (TPSA) is 93.0 Å². The monoisotopic (exact) mass is 518 g/mol. The smallest absolute Gasteiger partial charge is 0.408 e. The Morgan fingerprint density at radius 1 is 1.18 bits per heavy atom. The van der Waals surface area contributed by atoms with E-state index < -0.39 is 17.7 Å². The number of carbonyl (C=O) groups excluding carboxylic acids is 1. The normalized spacial score (nSPS) is 12.6. The van der Waals surface area contributed by atoms with E-state index in [4.69, 9.17) is 32.4 Å². The molecule has 4 rings (SSSR count). The van der Waals surface area contributed by atoms with Crippen LogP contribution in [0.4, 0.5) is 4.79 Å². The summed E-state index contributed by atoms with van der Waals surface area (Å²) in [5.74, 6) is 0.873. The molecule has 2 N–H and O–H groups in total. The van der Waals surface area contributed by atoms with Crippen molar-refractivity contribution in [1.29, 1.82) is 0 Å². The first-order valence-corrected chi connectivity index (χ1v) is 12.4. The van der Waals surface area contributed by atoms with Crippen LogP contribution < -0.4 is 5.32 Å². The lowest BCUT2D eigenvalue weighted by Crippen LogP contribution is -2.36. The van der Waals surface area contributed by atoms with Crippen LogP contribution in [0.5, 0.6) is 0 Å². The van der Waals surface area contributed by atoms with Crippen LogP contribution in [0.3, 0.4) is 0 Å². The molecule has 4 aromatic rings. The van der Waals surface area contributed by atoms with Crippen molar-refractivity contribution in [2.45, 2.75) is 49.8 Å². The highest BCUT2D eigenvalue weighted by atomic mass is 35.5. The van der Waals surface area contributed by atoms with E-state index in [0.29, 0.717) is 33.3 Å². The van der Waals surface area contributed by atoms with Gasteiger partial charge in [-0.05, 0) is 50.1 Å². The first-order chi connectivity index (χ1) is 16.2. The van der Waals surface area contributed by atoms with Crippen LogP contribution >= 0.6 is 35.0 Å². The predicted octanol–water partition coefficient (Wildman–Crippen LogP) is 6.96. The van der Waals surface area contributed by atoms with E-state index in [1.54, 1.807) is 12.1 Å². The van der Waals surface area contributed by atoms with Crippen molar-refractivity contribution in [3.05, 3.63) is 75.7 Å². The Morgan fingerprint density at radius 2 is 1.97 bits per heavy atom. The van der Waals surface area contributed by atoms with Gasteiger partial charge in [-0.25, -0.2) is 4.79 Å². The number of para-hydroxylation sites is 1. The summed E-state index contributed by atoms with van der Waals surface area (Å²) in [5, 5.41) is 13.7. The molecule has 0 aliphatic heterocycles. The van der Waals surface area contributed by atoms with Crippen LogP contribution in [0.1, 0.15) is 43.8 Å². The van der Waals surface area contributed by atoms with Gasteiger partial charge in [-0.2, -0.15) is 0 Å². The molecule has 0 aliphatic rings. The molecule has 34 heavy (non-hydrogen) atoms. The van der Waals surface area contributed by atoms with Crippen LogP contribution in [0, 0.1) is 0 Å². The molecular formula is C24H24Cl2N4O3S. The quantitative estimate of drug-likeness (QED) is 0.257. The van der Waals surface area contributed by atoms with Crippen LogP contribution in [-0.4, -0.2) is 26.9 Å². The Labute approximate surface area is 211 Å². The lowest BCUT2D eigenvalue weighted by molar-refractivity contribution is 0.0494. The lowest BCUT2D eigenvalue weighted by atomic mass is 10.1. The molecule has 7 nitrogen and oxygen atoms in total.